The lowest BCUT2D eigenvalue weighted by Gasteiger charge is -2.12. The summed E-state index contributed by atoms with van der Waals surface area (Å²) in [6.45, 7) is 4.19. The topological polar surface area (TPSA) is 26.3 Å². The predicted octanol–water partition coefficient (Wildman–Crippen LogP) is 4.85. The van der Waals surface area contributed by atoms with Crippen molar-refractivity contribution >= 4 is 28.6 Å². The van der Waals surface area contributed by atoms with Crippen molar-refractivity contribution in [3.8, 4) is 5.75 Å². The molecular weight excluding hydrogens is 254 g/mol. The summed E-state index contributed by atoms with van der Waals surface area (Å²) < 4.78 is 16.2. The molecule has 0 aliphatic heterocycles. The van der Waals surface area contributed by atoms with Crippen LogP contribution in [-0.2, 0) is 11.0 Å². The highest BCUT2D eigenvalue weighted by atomic mass is 35.9. The van der Waals surface area contributed by atoms with Crippen LogP contribution in [0.3, 0.4) is 0 Å². The van der Waals surface area contributed by atoms with Gasteiger partial charge in [-0.05, 0) is 24.0 Å². The number of hydrogen-bond acceptors (Lipinski definition) is 2. The van der Waals surface area contributed by atoms with Crippen molar-refractivity contribution in [3.05, 3.63) is 29.8 Å². The average molecular weight is 267 g/mol. The fourth-order valence-electron chi connectivity index (χ4n) is 1.32. The molecule has 84 valence electrons. The number of rotatable bonds is 4. The van der Waals surface area contributed by atoms with Crippen LogP contribution in [-0.4, -0.2) is 0 Å². The Balaban J connectivity index is 2.91. The first kappa shape index (κ1) is 12.9. The molecule has 0 unspecified atom stereocenters. The normalized spacial score (nSPS) is 11.8. The molecule has 0 saturated heterocycles. The zero-order valence-electron chi connectivity index (χ0n) is 8.61. The number of benzene rings is 1. The van der Waals surface area contributed by atoms with Crippen molar-refractivity contribution < 1.29 is 9.09 Å². The van der Waals surface area contributed by atoms with E-state index in [0.717, 1.165) is 12.0 Å². The van der Waals surface area contributed by atoms with Gasteiger partial charge in [0.15, 0.2) is 0 Å². The molecule has 1 aromatic rings. The Morgan fingerprint density at radius 2 is 1.93 bits per heavy atom. The molecule has 0 heterocycles. The maximum atomic E-state index is 11.1. The van der Waals surface area contributed by atoms with Gasteiger partial charge in [0.1, 0.15) is 5.75 Å². The molecule has 0 fully saturated rings. The van der Waals surface area contributed by atoms with Crippen molar-refractivity contribution in [2.24, 2.45) is 5.92 Å². The van der Waals surface area contributed by atoms with E-state index in [1.165, 1.54) is 0 Å². The Hall–Kier alpha value is -0.170. The van der Waals surface area contributed by atoms with E-state index >= 15 is 0 Å². The van der Waals surface area contributed by atoms with E-state index in [4.69, 9.17) is 27.0 Å². The lowest BCUT2D eigenvalue weighted by atomic mass is 10.0. The quantitative estimate of drug-likeness (QED) is 0.729. The summed E-state index contributed by atoms with van der Waals surface area (Å²) in [6.07, 6.45) is -2.68. The molecule has 0 N–H and O–H groups in total. The maximum absolute atomic E-state index is 11.1. The third-order valence-corrected chi connectivity index (χ3v) is 2.63. The van der Waals surface area contributed by atoms with Crippen LogP contribution in [0.5, 0.6) is 5.75 Å². The van der Waals surface area contributed by atoms with E-state index in [2.05, 4.69) is 13.8 Å². The molecule has 0 saturated carbocycles. The second-order valence-corrected chi connectivity index (χ2v) is 7.91. The largest absolute Gasteiger partial charge is 0.428 e. The smallest absolute Gasteiger partial charge is 0.422 e. The van der Waals surface area contributed by atoms with E-state index in [1.807, 2.05) is 12.1 Å². The Bertz CT molecular complexity index is 373. The van der Waals surface area contributed by atoms with Gasteiger partial charge in [-0.3, -0.25) is 0 Å². The van der Waals surface area contributed by atoms with E-state index in [-0.39, 0.29) is 0 Å². The summed E-state index contributed by atoms with van der Waals surface area (Å²) >= 11 is 10.7. The standard InChI is InChI=1S/C10H13Cl2O2P/c1-8(2)7-9-5-3-4-6-10(9)14-15(11,12)13/h3-6,8H,7H2,1-2H3. The molecule has 0 amide bonds. The van der Waals surface area contributed by atoms with Crippen LogP contribution in [0.2, 0.25) is 0 Å². The monoisotopic (exact) mass is 266 g/mol. The fraction of sp³-hybridized carbons (Fsp3) is 0.400. The molecule has 2 nitrogen and oxygen atoms in total. The van der Waals surface area contributed by atoms with Crippen LogP contribution >= 0.6 is 28.6 Å². The van der Waals surface area contributed by atoms with Gasteiger partial charge in [-0.2, -0.15) is 0 Å². The van der Waals surface area contributed by atoms with Crippen LogP contribution < -0.4 is 4.52 Å². The lowest BCUT2D eigenvalue weighted by molar-refractivity contribution is 0.506. The molecule has 0 atom stereocenters. The van der Waals surface area contributed by atoms with Gasteiger partial charge in [0.25, 0.3) is 0 Å². The van der Waals surface area contributed by atoms with E-state index in [9.17, 15) is 4.57 Å². The summed E-state index contributed by atoms with van der Waals surface area (Å²) in [4.78, 5) is 0. The zero-order chi connectivity index (χ0) is 11.5. The minimum absolute atomic E-state index is 0.486. The van der Waals surface area contributed by atoms with Gasteiger partial charge >= 0.3 is 6.07 Å². The molecule has 0 aliphatic rings. The molecule has 1 aromatic carbocycles. The molecule has 5 heteroatoms. The van der Waals surface area contributed by atoms with Crippen LogP contribution in [0.1, 0.15) is 19.4 Å². The molecule has 15 heavy (non-hydrogen) atoms. The summed E-state index contributed by atoms with van der Waals surface area (Å²) in [7, 11) is 0. The molecule has 0 aliphatic carbocycles. The Morgan fingerprint density at radius 1 is 1.33 bits per heavy atom. The van der Waals surface area contributed by atoms with Gasteiger partial charge in [-0.15, -0.1) is 0 Å². The van der Waals surface area contributed by atoms with Gasteiger partial charge < -0.3 is 4.52 Å². The van der Waals surface area contributed by atoms with E-state index < -0.39 is 6.07 Å². The van der Waals surface area contributed by atoms with Gasteiger partial charge in [0, 0.05) is 22.5 Å². The molecule has 0 aromatic heterocycles. The van der Waals surface area contributed by atoms with Crippen molar-refractivity contribution in [1.29, 1.82) is 0 Å². The summed E-state index contributed by atoms with van der Waals surface area (Å²) in [5, 5.41) is 0. The fourth-order valence-corrected chi connectivity index (χ4v) is 2.17. The Labute approximate surface area is 99.6 Å². The van der Waals surface area contributed by atoms with E-state index in [0.29, 0.717) is 11.7 Å². The highest BCUT2D eigenvalue weighted by Gasteiger charge is 2.18. The second kappa shape index (κ2) is 5.25. The SMILES string of the molecule is CC(C)Cc1ccccc1OP(=O)(Cl)Cl. The molecule has 1 rings (SSSR count). The predicted molar refractivity (Wildman–Crippen MR) is 64.9 cm³/mol. The van der Waals surface area contributed by atoms with Gasteiger partial charge in [0.05, 0.1) is 0 Å². The lowest BCUT2D eigenvalue weighted by Crippen LogP contribution is -1.96. The summed E-state index contributed by atoms with van der Waals surface area (Å²) in [5.41, 5.74) is 0.967. The number of halogens is 2. The van der Waals surface area contributed by atoms with Gasteiger partial charge in [-0.1, -0.05) is 32.0 Å². The molecule has 0 spiro atoms. The first-order valence-corrected chi connectivity index (χ1v) is 8.09. The average Bonchev–Trinajstić information content (AvgIpc) is 2.05. The minimum Gasteiger partial charge on any atom is -0.422 e. The van der Waals surface area contributed by atoms with Crippen LogP contribution in [0, 0.1) is 5.92 Å². The molecule has 0 bridgehead atoms. The first-order valence-electron chi connectivity index (χ1n) is 4.65. The van der Waals surface area contributed by atoms with Crippen LogP contribution in [0.15, 0.2) is 24.3 Å². The van der Waals surface area contributed by atoms with Crippen molar-refractivity contribution in [3.63, 3.8) is 0 Å². The highest BCUT2D eigenvalue weighted by molar-refractivity contribution is 8.05. The van der Waals surface area contributed by atoms with E-state index in [1.54, 1.807) is 12.1 Å². The molecular formula is C10H13Cl2O2P. The Kier molecular flexibility index (Phi) is 4.51. The Morgan fingerprint density at radius 3 is 2.47 bits per heavy atom. The van der Waals surface area contributed by atoms with Gasteiger partial charge in [-0.25, -0.2) is 4.57 Å². The van der Waals surface area contributed by atoms with Crippen molar-refractivity contribution in [2.45, 2.75) is 20.3 Å². The van der Waals surface area contributed by atoms with Crippen molar-refractivity contribution in [1.82, 2.24) is 0 Å². The number of hydrogen-bond donors (Lipinski definition) is 0. The summed E-state index contributed by atoms with van der Waals surface area (Å²) in [6, 6.07) is 7.33. The van der Waals surface area contributed by atoms with Crippen LogP contribution in [0.25, 0.3) is 0 Å². The second-order valence-electron chi connectivity index (χ2n) is 3.71. The third-order valence-electron chi connectivity index (χ3n) is 1.81. The van der Waals surface area contributed by atoms with Gasteiger partial charge in [0.2, 0.25) is 0 Å². The van der Waals surface area contributed by atoms with Crippen molar-refractivity contribution in [2.75, 3.05) is 0 Å². The number of para-hydroxylation sites is 1. The summed E-state index contributed by atoms with van der Waals surface area (Å²) in [5.74, 6) is 0.985. The minimum atomic E-state index is -3.51. The highest BCUT2D eigenvalue weighted by Crippen LogP contribution is 2.57. The molecule has 0 radical (unpaired) electrons. The zero-order valence-corrected chi connectivity index (χ0v) is 11.0. The van der Waals surface area contributed by atoms with Crippen LogP contribution in [0.4, 0.5) is 0 Å². The third kappa shape index (κ3) is 4.92. The maximum Gasteiger partial charge on any atom is 0.428 e. The first-order chi connectivity index (χ1) is 6.88.